The minimum absolute atomic E-state index is 0.169. The largest absolute Gasteiger partial charge is 0.480 e. The molecule has 2 aliphatic heterocycles. The van der Waals surface area contributed by atoms with E-state index in [1.54, 1.807) is 0 Å². The maximum atomic E-state index is 12.7. The second-order valence-corrected chi connectivity index (χ2v) is 6.39. The first-order valence-electron chi connectivity index (χ1n) is 8.57. The van der Waals surface area contributed by atoms with E-state index in [2.05, 4.69) is 10.6 Å². The van der Waals surface area contributed by atoms with E-state index in [0.29, 0.717) is 38.6 Å². The van der Waals surface area contributed by atoms with E-state index in [1.165, 1.54) is 4.90 Å². The minimum atomic E-state index is -1.01. The Morgan fingerprint density at radius 1 is 1.38 bits per heavy atom. The Morgan fingerprint density at radius 2 is 2.12 bits per heavy atom. The van der Waals surface area contributed by atoms with Crippen LogP contribution in [0.1, 0.15) is 51.9 Å². The predicted octanol–water partition coefficient (Wildman–Crippen LogP) is 0.0156. The number of hydrogen-bond acceptors (Lipinski definition) is 4. The average Bonchev–Trinajstić information content (AvgIpc) is 3.19. The fourth-order valence-electron chi connectivity index (χ4n) is 3.24. The lowest BCUT2D eigenvalue weighted by Gasteiger charge is -2.28. The third-order valence-corrected chi connectivity index (χ3v) is 4.59. The van der Waals surface area contributed by atoms with Crippen LogP contribution in [-0.2, 0) is 19.2 Å². The number of rotatable bonds is 7. The number of aliphatic carboxylic acids is 1. The number of carboxylic acid groups (broad SMARTS) is 1. The molecule has 0 aromatic heterocycles. The maximum Gasteiger partial charge on any atom is 0.326 e. The summed E-state index contributed by atoms with van der Waals surface area (Å²) in [4.78, 5) is 48.9. The molecule has 0 unspecified atom stereocenters. The zero-order valence-electron chi connectivity index (χ0n) is 13.9. The number of nitrogens with zero attached hydrogens (tertiary/aromatic N) is 1. The lowest BCUT2D eigenvalue weighted by Crippen LogP contribution is -2.54. The molecule has 0 bridgehead atoms. The molecule has 2 heterocycles. The highest BCUT2D eigenvalue weighted by molar-refractivity contribution is 5.95. The number of amides is 3. The van der Waals surface area contributed by atoms with Gasteiger partial charge < -0.3 is 20.6 Å². The fraction of sp³-hybridized carbons (Fsp3) is 0.750. The fourth-order valence-corrected chi connectivity index (χ4v) is 3.24. The molecule has 0 radical (unpaired) electrons. The molecule has 3 amide bonds. The van der Waals surface area contributed by atoms with Crippen molar-refractivity contribution in [1.29, 1.82) is 0 Å². The molecular formula is C16H25N3O5. The van der Waals surface area contributed by atoms with E-state index in [4.69, 9.17) is 0 Å². The minimum Gasteiger partial charge on any atom is -0.480 e. The Labute approximate surface area is 141 Å². The van der Waals surface area contributed by atoms with E-state index >= 15 is 0 Å². The molecule has 0 aromatic rings. The zero-order chi connectivity index (χ0) is 17.7. The van der Waals surface area contributed by atoms with Gasteiger partial charge in [-0.3, -0.25) is 14.4 Å². The van der Waals surface area contributed by atoms with Gasteiger partial charge in [0.25, 0.3) is 0 Å². The van der Waals surface area contributed by atoms with Gasteiger partial charge in [0.15, 0.2) is 0 Å². The van der Waals surface area contributed by atoms with Crippen molar-refractivity contribution < 1.29 is 24.3 Å². The van der Waals surface area contributed by atoms with Crippen LogP contribution in [0.4, 0.5) is 0 Å². The van der Waals surface area contributed by atoms with Crippen LogP contribution in [0.3, 0.4) is 0 Å². The van der Waals surface area contributed by atoms with E-state index in [9.17, 15) is 24.3 Å². The summed E-state index contributed by atoms with van der Waals surface area (Å²) in [6, 6.07) is -2.16. The van der Waals surface area contributed by atoms with Crippen molar-refractivity contribution in [3.8, 4) is 0 Å². The lowest BCUT2D eigenvalue weighted by molar-refractivity contribution is -0.149. The van der Waals surface area contributed by atoms with Gasteiger partial charge in [0.05, 0.1) is 0 Å². The molecule has 24 heavy (non-hydrogen) atoms. The number of nitrogens with one attached hydrogen (secondary N) is 2. The average molecular weight is 339 g/mol. The lowest BCUT2D eigenvalue weighted by atomic mass is 10.1. The number of hydrogen-bond donors (Lipinski definition) is 3. The maximum absolute atomic E-state index is 12.7. The van der Waals surface area contributed by atoms with Gasteiger partial charge in [-0.2, -0.15) is 0 Å². The van der Waals surface area contributed by atoms with Gasteiger partial charge >= 0.3 is 5.97 Å². The van der Waals surface area contributed by atoms with E-state index in [0.717, 1.165) is 12.8 Å². The highest BCUT2D eigenvalue weighted by atomic mass is 16.4. The standard InChI is InChI=1S/C16H25N3O5/c1-2-3-5-11(18-14(21)10-7-8-13(20)17-10)15(22)19-9-4-6-12(19)16(23)24/h10-12H,2-9H2,1H3,(H,17,20)(H,18,21)(H,23,24)/t10-,11-,12-/m0/s1. The molecule has 8 nitrogen and oxygen atoms in total. The first kappa shape index (κ1) is 18.2. The molecule has 2 saturated heterocycles. The van der Waals surface area contributed by atoms with Crippen molar-refractivity contribution >= 4 is 23.7 Å². The third-order valence-electron chi connectivity index (χ3n) is 4.59. The second-order valence-electron chi connectivity index (χ2n) is 6.39. The zero-order valence-corrected chi connectivity index (χ0v) is 13.9. The van der Waals surface area contributed by atoms with E-state index < -0.39 is 24.1 Å². The molecule has 2 rings (SSSR count). The summed E-state index contributed by atoms with van der Waals surface area (Å²) in [6.45, 7) is 2.38. The second kappa shape index (κ2) is 8.12. The normalized spacial score (nSPS) is 24.5. The van der Waals surface area contributed by atoms with Gasteiger partial charge in [-0.25, -0.2) is 4.79 Å². The van der Waals surface area contributed by atoms with Crippen LogP contribution in [0, 0.1) is 0 Å². The van der Waals surface area contributed by atoms with Gasteiger partial charge in [0, 0.05) is 13.0 Å². The molecule has 0 saturated carbocycles. The monoisotopic (exact) mass is 339 g/mol. The van der Waals surface area contributed by atoms with Crippen molar-refractivity contribution in [1.82, 2.24) is 15.5 Å². The summed E-state index contributed by atoms with van der Waals surface area (Å²) in [5.74, 6) is -1.89. The molecule has 2 fully saturated rings. The van der Waals surface area contributed by atoms with Gasteiger partial charge in [0.1, 0.15) is 18.1 Å². The number of carbonyl (C=O) groups is 4. The first-order chi connectivity index (χ1) is 11.4. The molecule has 0 aromatic carbocycles. The summed E-state index contributed by atoms with van der Waals surface area (Å²) in [7, 11) is 0. The van der Waals surface area contributed by atoms with Crippen LogP contribution in [0.15, 0.2) is 0 Å². The molecule has 3 atom stereocenters. The topological polar surface area (TPSA) is 116 Å². The molecular weight excluding hydrogens is 314 g/mol. The summed E-state index contributed by atoms with van der Waals surface area (Å²) in [5, 5.41) is 14.5. The smallest absolute Gasteiger partial charge is 0.326 e. The Hall–Kier alpha value is -2.12. The van der Waals surface area contributed by atoms with Crippen LogP contribution >= 0.6 is 0 Å². The molecule has 8 heteroatoms. The number of carboxylic acids is 1. The Kier molecular flexibility index (Phi) is 6.16. The van der Waals surface area contributed by atoms with Crippen molar-refractivity contribution in [2.45, 2.75) is 70.0 Å². The first-order valence-corrected chi connectivity index (χ1v) is 8.57. The van der Waals surface area contributed by atoms with Crippen LogP contribution in [0.25, 0.3) is 0 Å². The highest BCUT2D eigenvalue weighted by Crippen LogP contribution is 2.20. The van der Waals surface area contributed by atoms with E-state index in [-0.39, 0.29) is 17.7 Å². The van der Waals surface area contributed by atoms with Crippen LogP contribution in [-0.4, -0.2) is 58.4 Å². The van der Waals surface area contributed by atoms with Crippen LogP contribution in [0.5, 0.6) is 0 Å². The SMILES string of the molecule is CCCC[C@H](NC(=O)[C@@H]1CCC(=O)N1)C(=O)N1CCC[C@H]1C(=O)O. The number of carbonyl (C=O) groups excluding carboxylic acids is 3. The third kappa shape index (κ3) is 4.24. The van der Waals surface area contributed by atoms with Crippen molar-refractivity contribution in [2.24, 2.45) is 0 Å². The van der Waals surface area contributed by atoms with Crippen molar-refractivity contribution in [3.63, 3.8) is 0 Å². The summed E-state index contributed by atoms with van der Waals surface area (Å²) >= 11 is 0. The predicted molar refractivity (Wildman–Crippen MR) is 85.0 cm³/mol. The van der Waals surface area contributed by atoms with Gasteiger partial charge in [-0.15, -0.1) is 0 Å². The van der Waals surface area contributed by atoms with Gasteiger partial charge in [0.2, 0.25) is 17.7 Å². The number of likely N-dealkylation sites (tertiary alicyclic amines) is 1. The van der Waals surface area contributed by atoms with E-state index in [1.807, 2.05) is 6.92 Å². The number of unbranched alkanes of at least 4 members (excludes halogenated alkanes) is 1. The van der Waals surface area contributed by atoms with Crippen LogP contribution in [0.2, 0.25) is 0 Å². The summed E-state index contributed by atoms with van der Waals surface area (Å²) in [5.41, 5.74) is 0. The Morgan fingerprint density at radius 3 is 2.71 bits per heavy atom. The van der Waals surface area contributed by atoms with Crippen molar-refractivity contribution in [3.05, 3.63) is 0 Å². The van der Waals surface area contributed by atoms with Crippen molar-refractivity contribution in [2.75, 3.05) is 6.54 Å². The molecule has 2 aliphatic rings. The van der Waals surface area contributed by atoms with Gasteiger partial charge in [-0.05, 0) is 25.7 Å². The summed E-state index contributed by atoms with van der Waals surface area (Å²) in [6.07, 6.45) is 3.88. The molecule has 134 valence electrons. The Bertz CT molecular complexity index is 522. The van der Waals surface area contributed by atoms with Crippen LogP contribution < -0.4 is 10.6 Å². The summed E-state index contributed by atoms with van der Waals surface area (Å²) < 4.78 is 0. The van der Waals surface area contributed by atoms with Gasteiger partial charge in [-0.1, -0.05) is 19.8 Å². The molecule has 0 aliphatic carbocycles. The highest BCUT2D eigenvalue weighted by Gasteiger charge is 2.38. The quantitative estimate of drug-likeness (QED) is 0.604. The molecule has 0 spiro atoms. The Balaban J connectivity index is 2.03. The molecule has 3 N–H and O–H groups in total.